The van der Waals surface area contributed by atoms with Crippen LogP contribution in [0.5, 0.6) is 0 Å². The molecule has 1 fully saturated rings. The van der Waals surface area contributed by atoms with Gasteiger partial charge in [-0.05, 0) is 51.4 Å². The fourth-order valence-electron chi connectivity index (χ4n) is 2.35. The molecular formula is C12H19N3O2. The lowest BCUT2D eigenvalue weighted by Crippen LogP contribution is -2.30. The SMILES string of the molecule is CN1CCC(CCn2nccc2C(=O)O)CC1. The van der Waals surface area contributed by atoms with Crippen molar-refractivity contribution in [3.05, 3.63) is 18.0 Å². The van der Waals surface area contributed by atoms with E-state index < -0.39 is 5.97 Å². The first-order valence-corrected chi connectivity index (χ1v) is 6.10. The van der Waals surface area contributed by atoms with Crippen molar-refractivity contribution >= 4 is 5.97 Å². The predicted molar refractivity (Wildman–Crippen MR) is 64.0 cm³/mol. The zero-order valence-electron chi connectivity index (χ0n) is 10.2. The van der Waals surface area contributed by atoms with Gasteiger partial charge in [0, 0.05) is 12.7 Å². The van der Waals surface area contributed by atoms with Gasteiger partial charge in [0.05, 0.1) is 0 Å². The Morgan fingerprint density at radius 1 is 1.53 bits per heavy atom. The normalized spacial score (nSPS) is 18.4. The van der Waals surface area contributed by atoms with E-state index in [0.717, 1.165) is 19.5 Å². The van der Waals surface area contributed by atoms with Crippen LogP contribution < -0.4 is 0 Å². The quantitative estimate of drug-likeness (QED) is 0.858. The van der Waals surface area contributed by atoms with Crippen LogP contribution >= 0.6 is 0 Å². The predicted octanol–water partition coefficient (Wildman–Crippen LogP) is 1.31. The number of carbonyl (C=O) groups is 1. The molecule has 2 rings (SSSR count). The number of aromatic carboxylic acids is 1. The average molecular weight is 237 g/mol. The summed E-state index contributed by atoms with van der Waals surface area (Å²) in [4.78, 5) is 13.2. The molecule has 0 bridgehead atoms. The van der Waals surface area contributed by atoms with Crippen LogP contribution in [-0.2, 0) is 6.54 Å². The van der Waals surface area contributed by atoms with Crippen LogP contribution in [-0.4, -0.2) is 45.9 Å². The van der Waals surface area contributed by atoms with Gasteiger partial charge in [-0.2, -0.15) is 5.10 Å². The maximum atomic E-state index is 10.9. The summed E-state index contributed by atoms with van der Waals surface area (Å²) in [6.45, 7) is 3.01. The maximum Gasteiger partial charge on any atom is 0.354 e. The van der Waals surface area contributed by atoms with E-state index in [1.54, 1.807) is 16.9 Å². The van der Waals surface area contributed by atoms with Crippen LogP contribution in [0.2, 0.25) is 0 Å². The third-order valence-corrected chi connectivity index (χ3v) is 3.52. The van der Waals surface area contributed by atoms with Crippen molar-refractivity contribution in [1.82, 2.24) is 14.7 Å². The molecule has 5 heteroatoms. The van der Waals surface area contributed by atoms with Gasteiger partial charge in [0.2, 0.25) is 0 Å². The van der Waals surface area contributed by atoms with Gasteiger partial charge in [-0.25, -0.2) is 4.79 Å². The highest BCUT2D eigenvalue weighted by molar-refractivity contribution is 5.85. The lowest BCUT2D eigenvalue weighted by atomic mass is 9.94. The average Bonchev–Trinajstić information content (AvgIpc) is 2.76. The van der Waals surface area contributed by atoms with E-state index in [0.29, 0.717) is 12.5 Å². The fourth-order valence-corrected chi connectivity index (χ4v) is 2.35. The van der Waals surface area contributed by atoms with E-state index in [1.165, 1.54) is 12.8 Å². The Balaban J connectivity index is 1.85. The molecule has 94 valence electrons. The van der Waals surface area contributed by atoms with Crippen LogP contribution in [0, 0.1) is 5.92 Å². The minimum Gasteiger partial charge on any atom is -0.477 e. The second-order valence-electron chi connectivity index (χ2n) is 4.78. The topological polar surface area (TPSA) is 58.4 Å². The third-order valence-electron chi connectivity index (χ3n) is 3.52. The van der Waals surface area contributed by atoms with Crippen molar-refractivity contribution < 1.29 is 9.90 Å². The molecule has 0 unspecified atom stereocenters. The van der Waals surface area contributed by atoms with E-state index in [9.17, 15) is 4.79 Å². The van der Waals surface area contributed by atoms with Gasteiger partial charge < -0.3 is 10.0 Å². The number of hydrogen-bond donors (Lipinski definition) is 1. The standard InChI is InChI=1S/C12H19N3O2/c1-14-7-3-10(4-8-14)5-9-15-11(12(16)17)2-6-13-15/h2,6,10H,3-5,7-9H2,1H3,(H,16,17). The molecule has 1 aliphatic rings. The van der Waals surface area contributed by atoms with Crippen LogP contribution in [0.15, 0.2) is 12.3 Å². The molecule has 1 saturated heterocycles. The van der Waals surface area contributed by atoms with Gasteiger partial charge in [0.1, 0.15) is 5.69 Å². The van der Waals surface area contributed by atoms with Crippen LogP contribution in [0.4, 0.5) is 0 Å². The van der Waals surface area contributed by atoms with E-state index in [1.807, 2.05) is 0 Å². The van der Waals surface area contributed by atoms with Gasteiger partial charge in [-0.3, -0.25) is 4.68 Å². The van der Waals surface area contributed by atoms with Crippen molar-refractivity contribution in [2.75, 3.05) is 20.1 Å². The Labute approximate surface area is 101 Å². The van der Waals surface area contributed by atoms with Crippen molar-refractivity contribution in [3.63, 3.8) is 0 Å². The number of rotatable bonds is 4. The molecule has 1 aliphatic heterocycles. The zero-order chi connectivity index (χ0) is 12.3. The molecule has 0 radical (unpaired) electrons. The number of carboxylic acids is 1. The minimum atomic E-state index is -0.897. The molecule has 2 heterocycles. The minimum absolute atomic E-state index is 0.290. The molecule has 17 heavy (non-hydrogen) atoms. The van der Waals surface area contributed by atoms with Crippen molar-refractivity contribution in [2.24, 2.45) is 5.92 Å². The molecule has 5 nitrogen and oxygen atoms in total. The Kier molecular flexibility index (Phi) is 3.78. The summed E-state index contributed by atoms with van der Waals surface area (Å²) in [6.07, 6.45) is 4.99. The molecular weight excluding hydrogens is 218 g/mol. The number of hydrogen-bond acceptors (Lipinski definition) is 3. The molecule has 1 N–H and O–H groups in total. The Morgan fingerprint density at radius 2 is 2.24 bits per heavy atom. The number of nitrogens with zero attached hydrogens (tertiary/aromatic N) is 3. The fraction of sp³-hybridized carbons (Fsp3) is 0.667. The van der Waals surface area contributed by atoms with E-state index in [4.69, 9.17) is 5.11 Å². The Bertz CT molecular complexity index is 381. The number of aryl methyl sites for hydroxylation is 1. The molecule has 0 spiro atoms. The van der Waals surface area contributed by atoms with Crippen LogP contribution in [0.1, 0.15) is 29.8 Å². The van der Waals surface area contributed by atoms with Crippen LogP contribution in [0.25, 0.3) is 0 Å². The lowest BCUT2D eigenvalue weighted by Gasteiger charge is -2.28. The van der Waals surface area contributed by atoms with Gasteiger partial charge in [-0.15, -0.1) is 0 Å². The zero-order valence-corrected chi connectivity index (χ0v) is 10.2. The number of piperidine rings is 1. The summed E-state index contributed by atoms with van der Waals surface area (Å²) in [5.41, 5.74) is 0.290. The van der Waals surface area contributed by atoms with Gasteiger partial charge in [0.15, 0.2) is 0 Å². The highest BCUT2D eigenvalue weighted by atomic mass is 16.4. The van der Waals surface area contributed by atoms with Crippen molar-refractivity contribution in [3.8, 4) is 0 Å². The first-order chi connectivity index (χ1) is 8.16. The smallest absolute Gasteiger partial charge is 0.354 e. The lowest BCUT2D eigenvalue weighted by molar-refractivity contribution is 0.0682. The summed E-state index contributed by atoms with van der Waals surface area (Å²) in [7, 11) is 2.15. The van der Waals surface area contributed by atoms with Gasteiger partial charge in [-0.1, -0.05) is 0 Å². The number of aromatic nitrogens is 2. The molecule has 1 aromatic heterocycles. The maximum absolute atomic E-state index is 10.9. The largest absolute Gasteiger partial charge is 0.477 e. The summed E-state index contributed by atoms with van der Waals surface area (Å²) < 4.78 is 1.60. The third kappa shape index (κ3) is 3.06. The first kappa shape index (κ1) is 12.1. The number of carboxylic acid groups (broad SMARTS) is 1. The molecule has 1 aromatic rings. The highest BCUT2D eigenvalue weighted by Crippen LogP contribution is 2.20. The Morgan fingerprint density at radius 3 is 2.88 bits per heavy atom. The molecule has 0 saturated carbocycles. The van der Waals surface area contributed by atoms with E-state index in [2.05, 4.69) is 17.0 Å². The summed E-state index contributed by atoms with van der Waals surface area (Å²) >= 11 is 0. The molecule has 0 aromatic carbocycles. The molecule has 0 amide bonds. The molecule has 0 aliphatic carbocycles. The second kappa shape index (κ2) is 5.31. The van der Waals surface area contributed by atoms with E-state index in [-0.39, 0.29) is 5.69 Å². The van der Waals surface area contributed by atoms with Gasteiger partial charge >= 0.3 is 5.97 Å². The van der Waals surface area contributed by atoms with Crippen molar-refractivity contribution in [1.29, 1.82) is 0 Å². The second-order valence-corrected chi connectivity index (χ2v) is 4.78. The summed E-state index contributed by atoms with van der Waals surface area (Å²) in [5, 5.41) is 13.0. The van der Waals surface area contributed by atoms with Crippen LogP contribution in [0.3, 0.4) is 0 Å². The summed E-state index contributed by atoms with van der Waals surface area (Å²) in [6, 6.07) is 1.55. The van der Waals surface area contributed by atoms with E-state index >= 15 is 0 Å². The Hall–Kier alpha value is -1.36. The van der Waals surface area contributed by atoms with Gasteiger partial charge in [0.25, 0.3) is 0 Å². The number of likely N-dealkylation sites (tertiary alicyclic amines) is 1. The summed E-state index contributed by atoms with van der Waals surface area (Å²) in [5.74, 6) is -0.192. The first-order valence-electron chi connectivity index (χ1n) is 6.10. The van der Waals surface area contributed by atoms with Crippen molar-refractivity contribution in [2.45, 2.75) is 25.8 Å². The molecule has 0 atom stereocenters. The monoisotopic (exact) mass is 237 g/mol. The highest BCUT2D eigenvalue weighted by Gasteiger charge is 2.17.